The molecule has 0 saturated heterocycles. The molecule has 7 heavy (non-hydrogen) atoms. The van der Waals surface area contributed by atoms with E-state index < -0.39 is 0 Å². The Hall–Kier alpha value is -0.370. The minimum Gasteiger partial charge on any atom is -0.402 e. The van der Waals surface area contributed by atoms with Gasteiger partial charge in [0.15, 0.2) is 0 Å². The molecular weight excluding hydrogens is 106 g/mol. The van der Waals surface area contributed by atoms with Crippen molar-refractivity contribution < 1.29 is 0 Å². The Morgan fingerprint density at radius 3 is 2.29 bits per heavy atom. The van der Waals surface area contributed by atoms with Crippen LogP contribution in [-0.2, 0) is 0 Å². The molecule has 0 saturated carbocycles. The Morgan fingerprint density at radius 2 is 2.29 bits per heavy atom. The highest BCUT2D eigenvalue weighted by molar-refractivity contribution is 7.84. The number of thiol groups is 1. The molecule has 0 atom stereocenters. The molecule has 0 aromatic carbocycles. The first-order valence-electron chi connectivity index (χ1n) is 1.94. The third-order valence-electron chi connectivity index (χ3n) is 0.394. The summed E-state index contributed by atoms with van der Waals surface area (Å²) in [5.41, 5.74) is 5.98. The molecule has 0 aliphatic heterocycles. The van der Waals surface area contributed by atoms with Gasteiger partial charge < -0.3 is 5.73 Å². The maximum absolute atomic E-state index is 5.24. The first-order chi connectivity index (χ1) is 3.13. The second kappa shape index (κ2) is 2.75. The van der Waals surface area contributed by atoms with E-state index in [4.69, 9.17) is 5.73 Å². The average molecular weight is 115 g/mol. The van der Waals surface area contributed by atoms with Gasteiger partial charge in [0.2, 0.25) is 0 Å². The van der Waals surface area contributed by atoms with Crippen LogP contribution in [0, 0.1) is 0 Å². The molecule has 40 valence electrons. The maximum atomic E-state index is 5.24. The summed E-state index contributed by atoms with van der Waals surface area (Å²) in [6, 6.07) is 0. The molecule has 0 aromatic rings. The molecule has 0 aliphatic carbocycles. The predicted molar refractivity (Wildman–Crippen MR) is 36.1 cm³/mol. The Kier molecular flexibility index (Phi) is 2.60. The number of hydrogen-bond donors (Lipinski definition) is 2. The van der Waals surface area contributed by atoms with Gasteiger partial charge in [-0.15, -0.1) is 12.6 Å². The molecule has 0 amide bonds. The van der Waals surface area contributed by atoms with E-state index in [1.54, 1.807) is 13.0 Å². The van der Waals surface area contributed by atoms with Crippen molar-refractivity contribution >= 4 is 12.6 Å². The van der Waals surface area contributed by atoms with Gasteiger partial charge in [-0.2, -0.15) is 0 Å². The largest absolute Gasteiger partial charge is 0.402 e. The number of rotatable bonds is 1. The van der Waals surface area contributed by atoms with Crippen molar-refractivity contribution in [3.8, 4) is 0 Å². The fraction of sp³-hybridized carbons (Fsp3) is 0.200. The molecule has 2 heteroatoms. The van der Waals surface area contributed by atoms with Crippen molar-refractivity contribution in [1.82, 2.24) is 0 Å². The third kappa shape index (κ3) is 5.63. The molecule has 0 unspecified atom stereocenters. The Balaban J connectivity index is 3.68. The van der Waals surface area contributed by atoms with Crippen LogP contribution in [0.4, 0.5) is 0 Å². The minimum atomic E-state index is 0.694. The summed E-state index contributed by atoms with van der Waals surface area (Å²) < 4.78 is 0. The lowest BCUT2D eigenvalue weighted by Crippen LogP contribution is -1.88. The van der Waals surface area contributed by atoms with Crippen LogP contribution < -0.4 is 5.73 Å². The molecule has 0 bridgehead atoms. The second-order valence-corrected chi connectivity index (χ2v) is 1.95. The van der Waals surface area contributed by atoms with Crippen molar-refractivity contribution in [3.63, 3.8) is 0 Å². The highest BCUT2D eigenvalue weighted by atomic mass is 32.1. The lowest BCUT2D eigenvalue weighted by atomic mass is 10.4. The van der Waals surface area contributed by atoms with Crippen molar-refractivity contribution in [2.45, 2.75) is 6.92 Å². The first-order valence-corrected chi connectivity index (χ1v) is 2.39. The van der Waals surface area contributed by atoms with E-state index in [0.717, 1.165) is 5.70 Å². The van der Waals surface area contributed by atoms with Gasteiger partial charge in [0.1, 0.15) is 0 Å². The van der Waals surface area contributed by atoms with Crippen molar-refractivity contribution in [2.24, 2.45) is 5.73 Å². The van der Waals surface area contributed by atoms with Gasteiger partial charge in [0.05, 0.1) is 0 Å². The van der Waals surface area contributed by atoms with Gasteiger partial charge in [0.25, 0.3) is 0 Å². The van der Waals surface area contributed by atoms with E-state index in [-0.39, 0.29) is 0 Å². The van der Waals surface area contributed by atoms with Crippen LogP contribution in [0.5, 0.6) is 0 Å². The zero-order valence-corrected chi connectivity index (χ0v) is 5.20. The lowest BCUT2D eigenvalue weighted by molar-refractivity contribution is 1.31. The van der Waals surface area contributed by atoms with E-state index in [1.165, 1.54) is 0 Å². The molecule has 0 rings (SSSR count). The van der Waals surface area contributed by atoms with Crippen LogP contribution in [0.15, 0.2) is 23.3 Å². The van der Waals surface area contributed by atoms with Crippen molar-refractivity contribution in [2.75, 3.05) is 0 Å². The number of hydrogen-bond acceptors (Lipinski definition) is 2. The second-order valence-electron chi connectivity index (χ2n) is 1.38. The van der Waals surface area contributed by atoms with Gasteiger partial charge in [-0.1, -0.05) is 6.58 Å². The number of nitrogens with two attached hydrogens (primary N) is 1. The van der Waals surface area contributed by atoms with Crippen LogP contribution in [0.2, 0.25) is 0 Å². The van der Waals surface area contributed by atoms with E-state index >= 15 is 0 Å². The highest BCUT2D eigenvalue weighted by Crippen LogP contribution is 1.97. The third-order valence-corrected chi connectivity index (χ3v) is 0.523. The Morgan fingerprint density at radius 1 is 1.86 bits per heavy atom. The molecular formula is C5H9NS. The highest BCUT2D eigenvalue weighted by Gasteiger charge is 1.75. The van der Waals surface area contributed by atoms with Crippen LogP contribution in [-0.4, -0.2) is 0 Å². The number of allylic oxidation sites excluding steroid dienone is 2. The summed E-state index contributed by atoms with van der Waals surface area (Å²) in [5.74, 6) is 0. The van der Waals surface area contributed by atoms with E-state index in [1.807, 2.05) is 0 Å². The maximum Gasteiger partial charge on any atom is 0.00597 e. The van der Waals surface area contributed by atoms with Crippen LogP contribution in [0.25, 0.3) is 0 Å². The molecule has 0 aliphatic rings. The summed E-state index contributed by atoms with van der Waals surface area (Å²) in [7, 11) is 0. The Bertz CT molecular complexity index is 101. The molecule has 2 N–H and O–H groups in total. The van der Waals surface area contributed by atoms with Crippen molar-refractivity contribution in [3.05, 3.63) is 23.3 Å². The van der Waals surface area contributed by atoms with E-state index in [0.29, 0.717) is 4.91 Å². The zero-order valence-electron chi connectivity index (χ0n) is 4.31. The summed E-state index contributed by atoms with van der Waals surface area (Å²) in [6.45, 7) is 5.30. The van der Waals surface area contributed by atoms with Gasteiger partial charge in [-0.05, 0) is 17.9 Å². The van der Waals surface area contributed by atoms with Gasteiger partial charge in [-0.25, -0.2) is 0 Å². The molecule has 1 nitrogen and oxygen atoms in total. The summed E-state index contributed by atoms with van der Waals surface area (Å²) in [5, 5.41) is 0. The topological polar surface area (TPSA) is 26.0 Å². The molecule has 0 heterocycles. The van der Waals surface area contributed by atoms with Crippen LogP contribution >= 0.6 is 12.6 Å². The van der Waals surface area contributed by atoms with E-state index in [9.17, 15) is 0 Å². The molecule has 0 fully saturated rings. The summed E-state index contributed by atoms with van der Waals surface area (Å²) >= 11 is 3.89. The molecule has 0 spiro atoms. The SMILES string of the molecule is C=C(S)/C=C(/C)N. The molecule has 0 radical (unpaired) electrons. The summed E-state index contributed by atoms with van der Waals surface area (Å²) in [4.78, 5) is 0.694. The smallest absolute Gasteiger partial charge is 0.00597 e. The predicted octanol–water partition coefficient (Wildman–Crippen LogP) is 1.29. The lowest BCUT2D eigenvalue weighted by Gasteiger charge is -1.85. The van der Waals surface area contributed by atoms with Crippen LogP contribution in [0.3, 0.4) is 0 Å². The van der Waals surface area contributed by atoms with Gasteiger partial charge in [0, 0.05) is 5.70 Å². The van der Waals surface area contributed by atoms with Gasteiger partial charge in [-0.3, -0.25) is 0 Å². The van der Waals surface area contributed by atoms with Crippen LogP contribution in [0.1, 0.15) is 6.92 Å². The zero-order chi connectivity index (χ0) is 5.86. The monoisotopic (exact) mass is 115 g/mol. The van der Waals surface area contributed by atoms with Gasteiger partial charge >= 0.3 is 0 Å². The first kappa shape index (κ1) is 6.63. The average Bonchev–Trinajstić information content (AvgIpc) is 1.27. The summed E-state index contributed by atoms with van der Waals surface area (Å²) in [6.07, 6.45) is 1.70. The normalized spacial score (nSPS) is 11.4. The van der Waals surface area contributed by atoms with E-state index in [2.05, 4.69) is 19.2 Å². The quantitative estimate of drug-likeness (QED) is 0.391. The fourth-order valence-corrected chi connectivity index (χ4v) is 0.466. The molecule has 0 aromatic heterocycles. The fourth-order valence-electron chi connectivity index (χ4n) is 0.263. The minimum absolute atomic E-state index is 0.694. The van der Waals surface area contributed by atoms with Crippen molar-refractivity contribution in [1.29, 1.82) is 0 Å². The standard InChI is InChI=1S/C5H9NS/c1-4(6)3-5(2)7/h3,7H,2,6H2,1H3/b4-3-. The Labute approximate surface area is 49.3 Å².